The molecule has 6 nitrogen and oxygen atoms in total. The van der Waals surface area contributed by atoms with E-state index in [-0.39, 0.29) is 11.8 Å². The number of hydrogen-bond donors (Lipinski definition) is 2. The molecule has 2 N–H and O–H groups in total. The van der Waals surface area contributed by atoms with Gasteiger partial charge in [-0.05, 0) is 25.9 Å². The van der Waals surface area contributed by atoms with E-state index in [2.05, 4.69) is 10.6 Å². The van der Waals surface area contributed by atoms with Crippen LogP contribution >= 0.6 is 11.8 Å². The van der Waals surface area contributed by atoms with Crippen molar-refractivity contribution in [1.29, 1.82) is 0 Å². The van der Waals surface area contributed by atoms with E-state index < -0.39 is 0 Å². The molecule has 2 fully saturated rings. The van der Waals surface area contributed by atoms with Crippen molar-refractivity contribution in [3.8, 4) is 0 Å². The monoisotopic (exact) mass is 315 g/mol. The first-order valence-electron chi connectivity index (χ1n) is 7.70. The molecule has 0 bridgehead atoms. The third kappa shape index (κ3) is 6.23. The Morgan fingerprint density at radius 3 is 2.67 bits per heavy atom. The quantitative estimate of drug-likeness (QED) is 0.712. The number of carbonyl (C=O) groups is 2. The molecule has 0 aromatic carbocycles. The van der Waals surface area contributed by atoms with Crippen molar-refractivity contribution in [3.05, 3.63) is 0 Å². The standard InChI is InChI=1S/C14H25N3O3S/c18-13(11-21-12-1-4-15-5-2-12)16-6-3-14(19)17-7-9-20-10-8-17/h12,15H,1-11H2,(H,16,18). The van der Waals surface area contributed by atoms with Crippen LogP contribution in [-0.2, 0) is 14.3 Å². The van der Waals surface area contributed by atoms with Crippen molar-refractivity contribution in [2.45, 2.75) is 24.5 Å². The summed E-state index contributed by atoms with van der Waals surface area (Å²) in [6.45, 7) is 5.09. The maximum absolute atomic E-state index is 11.9. The molecule has 2 saturated heterocycles. The van der Waals surface area contributed by atoms with Gasteiger partial charge in [-0.1, -0.05) is 0 Å². The fourth-order valence-corrected chi connectivity index (χ4v) is 3.54. The molecular formula is C14H25N3O3S. The Morgan fingerprint density at radius 1 is 1.24 bits per heavy atom. The first-order chi connectivity index (χ1) is 10.3. The van der Waals surface area contributed by atoms with Gasteiger partial charge in [0.25, 0.3) is 0 Å². The lowest BCUT2D eigenvalue weighted by molar-refractivity contribution is -0.135. The maximum atomic E-state index is 11.9. The minimum Gasteiger partial charge on any atom is -0.378 e. The molecule has 21 heavy (non-hydrogen) atoms. The molecule has 2 aliphatic heterocycles. The molecule has 2 heterocycles. The average Bonchev–Trinajstić information content (AvgIpc) is 2.54. The van der Waals surface area contributed by atoms with Crippen LogP contribution in [0.3, 0.4) is 0 Å². The van der Waals surface area contributed by atoms with Crippen molar-refractivity contribution in [2.75, 3.05) is 51.7 Å². The van der Waals surface area contributed by atoms with Crippen LogP contribution < -0.4 is 10.6 Å². The van der Waals surface area contributed by atoms with Gasteiger partial charge < -0.3 is 20.3 Å². The zero-order chi connectivity index (χ0) is 14.9. The maximum Gasteiger partial charge on any atom is 0.230 e. The van der Waals surface area contributed by atoms with Crippen molar-refractivity contribution >= 4 is 23.6 Å². The van der Waals surface area contributed by atoms with Crippen molar-refractivity contribution < 1.29 is 14.3 Å². The van der Waals surface area contributed by atoms with Crippen molar-refractivity contribution in [1.82, 2.24) is 15.5 Å². The Kier molecular flexibility index (Phi) is 7.32. The molecule has 0 aromatic rings. The number of piperidine rings is 1. The summed E-state index contributed by atoms with van der Waals surface area (Å²) in [4.78, 5) is 25.4. The molecule has 2 aliphatic rings. The summed E-state index contributed by atoms with van der Waals surface area (Å²) in [5.41, 5.74) is 0. The predicted molar refractivity (Wildman–Crippen MR) is 83.4 cm³/mol. The smallest absolute Gasteiger partial charge is 0.230 e. The Hall–Kier alpha value is -0.790. The molecule has 0 spiro atoms. The van der Waals surface area contributed by atoms with Gasteiger partial charge in [-0.15, -0.1) is 11.8 Å². The van der Waals surface area contributed by atoms with Crippen LogP contribution in [0.25, 0.3) is 0 Å². The Labute approximate surface area is 130 Å². The van der Waals surface area contributed by atoms with Gasteiger partial charge >= 0.3 is 0 Å². The van der Waals surface area contributed by atoms with Crippen molar-refractivity contribution in [3.63, 3.8) is 0 Å². The largest absolute Gasteiger partial charge is 0.378 e. The topological polar surface area (TPSA) is 70.7 Å². The van der Waals surface area contributed by atoms with E-state index in [0.717, 1.165) is 25.9 Å². The number of morpholine rings is 1. The van der Waals surface area contributed by atoms with Gasteiger partial charge in [0.15, 0.2) is 0 Å². The molecule has 0 unspecified atom stereocenters. The van der Waals surface area contributed by atoms with Gasteiger partial charge in [0.05, 0.1) is 19.0 Å². The highest BCUT2D eigenvalue weighted by molar-refractivity contribution is 8.00. The second kappa shape index (κ2) is 9.27. The third-order valence-corrected chi connectivity index (χ3v) is 5.13. The molecular weight excluding hydrogens is 290 g/mol. The van der Waals surface area contributed by atoms with E-state index in [1.54, 1.807) is 16.7 Å². The summed E-state index contributed by atoms with van der Waals surface area (Å²) in [6, 6.07) is 0. The summed E-state index contributed by atoms with van der Waals surface area (Å²) in [5, 5.41) is 6.74. The van der Waals surface area contributed by atoms with E-state index >= 15 is 0 Å². The van der Waals surface area contributed by atoms with E-state index in [4.69, 9.17) is 4.74 Å². The summed E-state index contributed by atoms with van der Waals surface area (Å²) in [6.07, 6.45) is 2.64. The highest BCUT2D eigenvalue weighted by Crippen LogP contribution is 2.19. The van der Waals surface area contributed by atoms with Crippen LogP contribution in [-0.4, -0.2) is 73.7 Å². The molecule has 0 aliphatic carbocycles. The first-order valence-corrected chi connectivity index (χ1v) is 8.75. The highest BCUT2D eigenvalue weighted by Gasteiger charge is 2.17. The Bertz CT molecular complexity index is 342. The van der Waals surface area contributed by atoms with Crippen LogP contribution in [0.15, 0.2) is 0 Å². The number of ether oxygens (including phenoxy) is 1. The fourth-order valence-electron chi connectivity index (χ4n) is 2.49. The first kappa shape index (κ1) is 16.6. The second-order valence-electron chi connectivity index (χ2n) is 5.35. The molecule has 0 aromatic heterocycles. The second-order valence-corrected chi connectivity index (χ2v) is 6.64. The summed E-state index contributed by atoms with van der Waals surface area (Å²) < 4.78 is 5.21. The Morgan fingerprint density at radius 2 is 1.95 bits per heavy atom. The van der Waals surface area contributed by atoms with Crippen molar-refractivity contribution in [2.24, 2.45) is 0 Å². The van der Waals surface area contributed by atoms with Gasteiger partial charge in [0.1, 0.15) is 0 Å². The lowest BCUT2D eigenvalue weighted by atomic mass is 10.2. The number of nitrogens with zero attached hydrogens (tertiary/aromatic N) is 1. The lowest BCUT2D eigenvalue weighted by Crippen LogP contribution is -2.42. The van der Waals surface area contributed by atoms with Crippen LogP contribution in [0.1, 0.15) is 19.3 Å². The van der Waals surface area contributed by atoms with Gasteiger partial charge in [-0.3, -0.25) is 9.59 Å². The lowest BCUT2D eigenvalue weighted by Gasteiger charge is -2.26. The number of amides is 2. The summed E-state index contributed by atoms with van der Waals surface area (Å²) in [7, 11) is 0. The van der Waals surface area contributed by atoms with E-state index in [1.807, 2.05) is 0 Å². The van der Waals surface area contributed by atoms with E-state index in [0.29, 0.717) is 50.3 Å². The van der Waals surface area contributed by atoms with Gasteiger partial charge in [0, 0.05) is 31.3 Å². The molecule has 7 heteroatoms. The molecule has 2 amide bonds. The van der Waals surface area contributed by atoms with E-state index in [1.165, 1.54) is 0 Å². The number of carbonyl (C=O) groups excluding carboxylic acids is 2. The van der Waals surface area contributed by atoms with Crippen LogP contribution in [0, 0.1) is 0 Å². The fraction of sp³-hybridized carbons (Fsp3) is 0.857. The van der Waals surface area contributed by atoms with Gasteiger partial charge in [-0.2, -0.15) is 0 Å². The van der Waals surface area contributed by atoms with E-state index in [9.17, 15) is 9.59 Å². The average molecular weight is 315 g/mol. The third-order valence-electron chi connectivity index (χ3n) is 3.76. The number of hydrogen-bond acceptors (Lipinski definition) is 5. The minimum absolute atomic E-state index is 0.0355. The Balaban J connectivity index is 1.52. The molecule has 2 rings (SSSR count). The molecule has 0 radical (unpaired) electrons. The highest BCUT2D eigenvalue weighted by atomic mass is 32.2. The normalized spacial score (nSPS) is 20.3. The summed E-state index contributed by atoms with van der Waals surface area (Å²) in [5.74, 6) is 0.633. The molecule has 120 valence electrons. The number of rotatable bonds is 6. The summed E-state index contributed by atoms with van der Waals surface area (Å²) >= 11 is 1.73. The predicted octanol–water partition coefficient (Wildman–Crippen LogP) is -0.163. The van der Waals surface area contributed by atoms with Crippen LogP contribution in [0.2, 0.25) is 0 Å². The van der Waals surface area contributed by atoms with Gasteiger partial charge in [0.2, 0.25) is 11.8 Å². The molecule has 0 saturated carbocycles. The number of thioether (sulfide) groups is 1. The van der Waals surface area contributed by atoms with Gasteiger partial charge in [-0.25, -0.2) is 0 Å². The van der Waals surface area contributed by atoms with Crippen LogP contribution in [0.5, 0.6) is 0 Å². The SMILES string of the molecule is O=C(CSC1CCNCC1)NCCC(=O)N1CCOCC1. The number of nitrogens with one attached hydrogen (secondary N) is 2. The van der Waals surface area contributed by atoms with Crippen LogP contribution in [0.4, 0.5) is 0 Å². The molecule has 0 atom stereocenters. The zero-order valence-corrected chi connectivity index (χ0v) is 13.3. The zero-order valence-electron chi connectivity index (χ0n) is 12.4. The minimum atomic E-state index is 0.0355.